The Morgan fingerprint density at radius 3 is 2.73 bits per heavy atom. The van der Waals surface area contributed by atoms with Crippen molar-refractivity contribution in [3.8, 4) is 5.69 Å². The zero-order valence-corrected chi connectivity index (χ0v) is 13.2. The summed E-state index contributed by atoms with van der Waals surface area (Å²) in [7, 11) is 0. The van der Waals surface area contributed by atoms with E-state index in [1.165, 1.54) is 24.3 Å². The van der Waals surface area contributed by atoms with Crippen molar-refractivity contribution in [1.29, 1.82) is 0 Å². The van der Waals surface area contributed by atoms with Crippen LogP contribution in [-0.4, -0.2) is 31.0 Å². The Kier molecular flexibility index (Phi) is 3.81. The Labute approximate surface area is 134 Å². The fraction of sp³-hybridized carbons (Fsp3) is 0.353. The van der Waals surface area contributed by atoms with Gasteiger partial charge in [-0.25, -0.2) is 9.97 Å². The van der Waals surface area contributed by atoms with Crippen LogP contribution >= 0.6 is 11.8 Å². The fourth-order valence-corrected chi connectivity index (χ4v) is 4.27. The molecule has 0 saturated carbocycles. The molecule has 4 nitrogen and oxygen atoms in total. The Balaban J connectivity index is 1.79. The fourth-order valence-electron chi connectivity index (χ4n) is 3.07. The molecule has 3 aromatic rings. The van der Waals surface area contributed by atoms with Crippen molar-refractivity contribution in [2.75, 3.05) is 11.5 Å². The largest absolute Gasteiger partial charge is 0.281 e. The van der Waals surface area contributed by atoms with Crippen molar-refractivity contribution >= 4 is 22.9 Å². The second-order valence-electron chi connectivity index (χ2n) is 5.67. The molecule has 0 unspecified atom stereocenters. The minimum Gasteiger partial charge on any atom is -0.281 e. The van der Waals surface area contributed by atoms with Gasteiger partial charge in [-0.1, -0.05) is 0 Å². The Morgan fingerprint density at radius 2 is 1.91 bits per heavy atom. The molecule has 0 N–H and O–H groups in total. The van der Waals surface area contributed by atoms with E-state index in [9.17, 15) is 0 Å². The average molecular weight is 310 g/mol. The summed E-state index contributed by atoms with van der Waals surface area (Å²) in [6.45, 7) is 0. The summed E-state index contributed by atoms with van der Waals surface area (Å²) in [5.41, 5.74) is 3.00. The van der Waals surface area contributed by atoms with E-state index in [0.717, 1.165) is 35.0 Å². The third kappa shape index (κ3) is 2.61. The molecule has 112 valence electrons. The maximum absolute atomic E-state index is 4.86. The summed E-state index contributed by atoms with van der Waals surface area (Å²) < 4.78 is 2.19. The number of hydrogen-bond acceptors (Lipinski definition) is 4. The monoisotopic (exact) mass is 310 g/mol. The first-order valence-electron chi connectivity index (χ1n) is 7.72. The topological polar surface area (TPSA) is 43.6 Å². The van der Waals surface area contributed by atoms with Gasteiger partial charge in [-0.3, -0.25) is 9.55 Å². The van der Waals surface area contributed by atoms with E-state index in [1.54, 1.807) is 0 Å². The summed E-state index contributed by atoms with van der Waals surface area (Å²) in [6, 6.07) is 8.04. The molecule has 1 saturated heterocycles. The van der Waals surface area contributed by atoms with Gasteiger partial charge in [0.05, 0.1) is 5.69 Å². The molecule has 0 bridgehead atoms. The van der Waals surface area contributed by atoms with Crippen molar-refractivity contribution in [2.24, 2.45) is 5.92 Å². The third-order valence-electron chi connectivity index (χ3n) is 4.22. The molecule has 0 atom stereocenters. The number of thioether (sulfide) groups is 1. The van der Waals surface area contributed by atoms with Crippen molar-refractivity contribution in [3.63, 3.8) is 0 Å². The molecular weight excluding hydrogens is 292 g/mol. The van der Waals surface area contributed by atoms with Crippen molar-refractivity contribution in [2.45, 2.75) is 19.3 Å². The van der Waals surface area contributed by atoms with E-state index >= 15 is 0 Å². The predicted octanol–water partition coefficient (Wildman–Crippen LogP) is 3.50. The molecule has 22 heavy (non-hydrogen) atoms. The van der Waals surface area contributed by atoms with Gasteiger partial charge in [-0.15, -0.1) is 0 Å². The van der Waals surface area contributed by atoms with Crippen LogP contribution in [0.2, 0.25) is 0 Å². The molecule has 5 heteroatoms. The van der Waals surface area contributed by atoms with Crippen LogP contribution in [0, 0.1) is 5.92 Å². The van der Waals surface area contributed by atoms with E-state index in [4.69, 9.17) is 4.98 Å². The quantitative estimate of drug-likeness (QED) is 0.742. The smallest absolute Gasteiger partial charge is 0.164 e. The van der Waals surface area contributed by atoms with Gasteiger partial charge in [0, 0.05) is 25.0 Å². The molecule has 4 heterocycles. The van der Waals surface area contributed by atoms with Crippen LogP contribution in [0.4, 0.5) is 0 Å². The number of rotatable bonds is 3. The molecular formula is C17H18N4S. The SMILES string of the molecule is c1cnc2c(c1)nc(CC1CCSCC1)n2-c1ccncc1. The summed E-state index contributed by atoms with van der Waals surface area (Å²) in [6.07, 6.45) is 9.09. The number of fused-ring (bicyclic) bond motifs is 1. The number of nitrogens with zero attached hydrogens (tertiary/aromatic N) is 4. The molecule has 1 aliphatic rings. The third-order valence-corrected chi connectivity index (χ3v) is 5.27. The molecule has 0 amide bonds. The predicted molar refractivity (Wildman–Crippen MR) is 90.4 cm³/mol. The first-order valence-corrected chi connectivity index (χ1v) is 8.88. The highest BCUT2D eigenvalue weighted by Crippen LogP contribution is 2.28. The van der Waals surface area contributed by atoms with Gasteiger partial charge >= 0.3 is 0 Å². The van der Waals surface area contributed by atoms with Crippen LogP contribution < -0.4 is 0 Å². The van der Waals surface area contributed by atoms with Crippen molar-refractivity contribution in [3.05, 3.63) is 48.7 Å². The Hall–Kier alpha value is -1.88. The van der Waals surface area contributed by atoms with E-state index in [-0.39, 0.29) is 0 Å². The van der Waals surface area contributed by atoms with Gasteiger partial charge in [-0.05, 0) is 54.5 Å². The molecule has 1 aliphatic heterocycles. The van der Waals surface area contributed by atoms with Gasteiger partial charge in [0.25, 0.3) is 0 Å². The maximum atomic E-state index is 4.86. The zero-order chi connectivity index (χ0) is 14.8. The van der Waals surface area contributed by atoms with E-state index in [1.807, 2.05) is 42.9 Å². The Morgan fingerprint density at radius 1 is 1.09 bits per heavy atom. The van der Waals surface area contributed by atoms with E-state index in [0.29, 0.717) is 0 Å². The summed E-state index contributed by atoms with van der Waals surface area (Å²) in [5, 5.41) is 0. The first-order chi connectivity index (χ1) is 10.9. The lowest BCUT2D eigenvalue weighted by Crippen LogP contribution is -2.15. The summed E-state index contributed by atoms with van der Waals surface area (Å²) in [5.74, 6) is 4.41. The molecule has 3 aromatic heterocycles. The highest BCUT2D eigenvalue weighted by Gasteiger charge is 2.20. The minimum absolute atomic E-state index is 0.735. The zero-order valence-electron chi connectivity index (χ0n) is 12.4. The Bertz CT molecular complexity index is 763. The molecule has 0 spiro atoms. The lowest BCUT2D eigenvalue weighted by molar-refractivity contribution is 0.474. The van der Waals surface area contributed by atoms with Crippen LogP contribution in [0.5, 0.6) is 0 Å². The van der Waals surface area contributed by atoms with Gasteiger partial charge in [0.15, 0.2) is 5.65 Å². The first kappa shape index (κ1) is 13.8. The van der Waals surface area contributed by atoms with Crippen LogP contribution in [-0.2, 0) is 6.42 Å². The van der Waals surface area contributed by atoms with Crippen molar-refractivity contribution < 1.29 is 0 Å². The van der Waals surface area contributed by atoms with Crippen LogP contribution in [0.1, 0.15) is 18.7 Å². The van der Waals surface area contributed by atoms with Crippen molar-refractivity contribution in [1.82, 2.24) is 19.5 Å². The van der Waals surface area contributed by atoms with E-state index in [2.05, 4.69) is 26.3 Å². The molecule has 1 fully saturated rings. The van der Waals surface area contributed by atoms with Gasteiger partial charge in [-0.2, -0.15) is 11.8 Å². The maximum Gasteiger partial charge on any atom is 0.164 e. The highest BCUT2D eigenvalue weighted by molar-refractivity contribution is 7.99. The van der Waals surface area contributed by atoms with Gasteiger partial charge in [0.2, 0.25) is 0 Å². The second-order valence-corrected chi connectivity index (χ2v) is 6.90. The minimum atomic E-state index is 0.735. The molecule has 0 aromatic carbocycles. The highest BCUT2D eigenvalue weighted by atomic mass is 32.2. The average Bonchev–Trinajstić information content (AvgIpc) is 2.94. The van der Waals surface area contributed by atoms with Crippen LogP contribution in [0.15, 0.2) is 42.9 Å². The van der Waals surface area contributed by atoms with Gasteiger partial charge < -0.3 is 0 Å². The van der Waals surface area contributed by atoms with Gasteiger partial charge in [0.1, 0.15) is 11.3 Å². The molecule has 0 radical (unpaired) electrons. The number of hydrogen-bond donors (Lipinski definition) is 0. The second kappa shape index (κ2) is 6.08. The molecule has 4 rings (SSSR count). The lowest BCUT2D eigenvalue weighted by Gasteiger charge is -2.21. The number of imidazole rings is 1. The standard InChI is InChI=1S/C17H18N4S/c1-2-15-17(19-7-1)21(14-3-8-18-9-4-14)16(20-15)12-13-5-10-22-11-6-13/h1-4,7-9,13H,5-6,10-12H2. The normalized spacial score (nSPS) is 16.2. The number of aromatic nitrogens is 4. The van der Waals surface area contributed by atoms with E-state index < -0.39 is 0 Å². The van der Waals surface area contributed by atoms with Crippen LogP contribution in [0.25, 0.3) is 16.9 Å². The van der Waals surface area contributed by atoms with Crippen LogP contribution in [0.3, 0.4) is 0 Å². The number of pyridine rings is 2. The molecule has 0 aliphatic carbocycles. The summed E-state index contributed by atoms with van der Waals surface area (Å²) >= 11 is 2.07. The lowest BCUT2D eigenvalue weighted by atomic mass is 9.98. The summed E-state index contributed by atoms with van der Waals surface area (Å²) in [4.78, 5) is 13.5.